The highest BCUT2D eigenvalue weighted by Crippen LogP contribution is 2.33. The Hall–Kier alpha value is -1.81. The van der Waals surface area contributed by atoms with Crippen LogP contribution >= 0.6 is 11.6 Å². The number of benzene rings is 2. The van der Waals surface area contributed by atoms with Crippen LogP contribution in [0, 0.1) is 6.92 Å². The van der Waals surface area contributed by atoms with E-state index >= 15 is 0 Å². The van der Waals surface area contributed by atoms with Gasteiger partial charge in [0.1, 0.15) is 0 Å². The summed E-state index contributed by atoms with van der Waals surface area (Å²) >= 11 is 5.52. The molecule has 0 aliphatic heterocycles. The summed E-state index contributed by atoms with van der Waals surface area (Å²) in [6, 6.07) is 9.67. The number of hydrogen-bond acceptors (Lipinski definition) is 1. The average molecular weight is 299 g/mol. The van der Waals surface area contributed by atoms with Crippen molar-refractivity contribution >= 4 is 16.8 Å². The van der Waals surface area contributed by atoms with Crippen LogP contribution < -0.4 is 0 Å². The van der Waals surface area contributed by atoms with E-state index < -0.39 is 17.0 Å². The Kier molecular flexibility index (Phi) is 3.86. The zero-order chi connectivity index (χ0) is 14.9. The molecular formula is C15H10ClF3O. The first-order valence-corrected chi connectivity index (χ1v) is 6.15. The standard InChI is InChI=1S/C15H10ClF3O/c1-9-3-2-4-12(14(16)20)13(9)10-5-7-11(8-6-10)15(17,18)19/h2-8H,1H3. The van der Waals surface area contributed by atoms with Crippen LogP contribution in [-0.4, -0.2) is 5.24 Å². The number of carbonyl (C=O) groups excluding carboxylic acids is 1. The average Bonchev–Trinajstić information content (AvgIpc) is 2.37. The highest BCUT2D eigenvalue weighted by Gasteiger charge is 2.30. The summed E-state index contributed by atoms with van der Waals surface area (Å²) in [5, 5.41) is -0.636. The first-order chi connectivity index (χ1) is 9.30. The first-order valence-electron chi connectivity index (χ1n) is 5.78. The Labute approximate surface area is 119 Å². The molecule has 0 N–H and O–H groups in total. The van der Waals surface area contributed by atoms with Crippen molar-refractivity contribution in [3.05, 3.63) is 59.2 Å². The van der Waals surface area contributed by atoms with Crippen molar-refractivity contribution < 1.29 is 18.0 Å². The molecule has 1 nitrogen and oxygen atoms in total. The van der Waals surface area contributed by atoms with E-state index in [1.165, 1.54) is 12.1 Å². The maximum atomic E-state index is 12.5. The minimum absolute atomic E-state index is 0.284. The van der Waals surface area contributed by atoms with Crippen LogP contribution in [0.15, 0.2) is 42.5 Å². The predicted octanol–water partition coefficient (Wildman–Crippen LogP) is 5.06. The van der Waals surface area contributed by atoms with Gasteiger partial charge >= 0.3 is 6.18 Å². The second kappa shape index (κ2) is 5.29. The normalized spacial score (nSPS) is 11.4. The fourth-order valence-corrected chi connectivity index (χ4v) is 2.20. The Morgan fingerprint density at radius 2 is 1.65 bits per heavy atom. The number of aryl methyl sites for hydroxylation is 1. The van der Waals surface area contributed by atoms with E-state index in [4.69, 9.17) is 11.6 Å². The highest BCUT2D eigenvalue weighted by atomic mass is 35.5. The van der Waals surface area contributed by atoms with Crippen LogP contribution in [0.5, 0.6) is 0 Å². The molecule has 2 aromatic rings. The molecule has 0 aromatic heterocycles. The molecule has 0 bridgehead atoms. The van der Waals surface area contributed by atoms with Gasteiger partial charge in [-0.25, -0.2) is 0 Å². The summed E-state index contributed by atoms with van der Waals surface area (Å²) in [5.41, 5.74) is 1.41. The molecule has 0 fully saturated rings. The van der Waals surface area contributed by atoms with Crippen molar-refractivity contribution in [2.45, 2.75) is 13.1 Å². The van der Waals surface area contributed by atoms with Crippen molar-refractivity contribution in [3.63, 3.8) is 0 Å². The van der Waals surface area contributed by atoms with Gasteiger partial charge in [-0.3, -0.25) is 4.79 Å². The lowest BCUT2D eigenvalue weighted by Crippen LogP contribution is -2.04. The van der Waals surface area contributed by atoms with Gasteiger partial charge in [0, 0.05) is 5.56 Å². The van der Waals surface area contributed by atoms with Crippen LogP contribution in [0.4, 0.5) is 13.2 Å². The van der Waals surface area contributed by atoms with Crippen molar-refractivity contribution in [2.75, 3.05) is 0 Å². The molecule has 0 saturated carbocycles. The van der Waals surface area contributed by atoms with Gasteiger partial charge in [-0.15, -0.1) is 0 Å². The van der Waals surface area contributed by atoms with Crippen LogP contribution in [-0.2, 0) is 6.18 Å². The zero-order valence-corrected chi connectivity index (χ0v) is 11.2. The lowest BCUT2D eigenvalue weighted by atomic mass is 9.95. The van der Waals surface area contributed by atoms with E-state index in [0.29, 0.717) is 11.1 Å². The minimum Gasteiger partial charge on any atom is -0.276 e. The van der Waals surface area contributed by atoms with Gasteiger partial charge in [0.05, 0.1) is 5.56 Å². The summed E-state index contributed by atoms with van der Waals surface area (Å²) in [6.07, 6.45) is -4.38. The number of halogens is 4. The third kappa shape index (κ3) is 2.85. The molecule has 104 valence electrons. The molecule has 0 saturated heterocycles. The lowest BCUT2D eigenvalue weighted by molar-refractivity contribution is -0.137. The summed E-state index contributed by atoms with van der Waals surface area (Å²) < 4.78 is 37.6. The smallest absolute Gasteiger partial charge is 0.276 e. The van der Waals surface area contributed by atoms with Gasteiger partial charge in [0.2, 0.25) is 0 Å². The molecule has 2 rings (SSSR count). The van der Waals surface area contributed by atoms with Gasteiger partial charge in [-0.05, 0) is 53.4 Å². The molecular weight excluding hydrogens is 289 g/mol. The topological polar surface area (TPSA) is 17.1 Å². The van der Waals surface area contributed by atoms with Gasteiger partial charge in [-0.2, -0.15) is 13.2 Å². The highest BCUT2D eigenvalue weighted by molar-refractivity contribution is 6.68. The Morgan fingerprint density at radius 1 is 1.05 bits per heavy atom. The number of hydrogen-bond donors (Lipinski definition) is 0. The van der Waals surface area contributed by atoms with E-state index in [2.05, 4.69) is 0 Å². The van der Waals surface area contributed by atoms with E-state index in [-0.39, 0.29) is 5.56 Å². The van der Waals surface area contributed by atoms with Crippen LogP contribution in [0.3, 0.4) is 0 Å². The van der Waals surface area contributed by atoms with E-state index in [0.717, 1.165) is 17.7 Å². The number of rotatable bonds is 2. The summed E-state index contributed by atoms with van der Waals surface area (Å²) in [6.45, 7) is 1.77. The van der Waals surface area contributed by atoms with Gasteiger partial charge in [0.15, 0.2) is 0 Å². The van der Waals surface area contributed by atoms with E-state index in [9.17, 15) is 18.0 Å². The molecule has 0 amide bonds. The maximum absolute atomic E-state index is 12.5. The van der Waals surface area contributed by atoms with E-state index in [1.807, 2.05) is 0 Å². The largest absolute Gasteiger partial charge is 0.416 e. The Bertz CT molecular complexity index is 645. The van der Waals surface area contributed by atoms with Crippen molar-refractivity contribution in [1.82, 2.24) is 0 Å². The number of carbonyl (C=O) groups is 1. The Balaban J connectivity index is 2.55. The second-order valence-electron chi connectivity index (χ2n) is 4.35. The summed E-state index contributed by atoms with van der Waals surface area (Å²) in [4.78, 5) is 11.4. The predicted molar refractivity (Wildman–Crippen MR) is 71.8 cm³/mol. The van der Waals surface area contributed by atoms with Crippen molar-refractivity contribution in [1.29, 1.82) is 0 Å². The van der Waals surface area contributed by atoms with Gasteiger partial charge in [-0.1, -0.05) is 24.3 Å². The molecule has 0 aliphatic rings. The zero-order valence-electron chi connectivity index (χ0n) is 10.5. The molecule has 20 heavy (non-hydrogen) atoms. The van der Waals surface area contributed by atoms with Crippen molar-refractivity contribution in [3.8, 4) is 11.1 Å². The quantitative estimate of drug-likeness (QED) is 0.708. The first kappa shape index (κ1) is 14.6. The molecule has 2 aromatic carbocycles. The fourth-order valence-electron chi connectivity index (χ4n) is 2.04. The van der Waals surface area contributed by atoms with Crippen LogP contribution in [0.2, 0.25) is 0 Å². The monoisotopic (exact) mass is 298 g/mol. The van der Waals surface area contributed by atoms with Gasteiger partial charge < -0.3 is 0 Å². The molecule has 0 radical (unpaired) electrons. The Morgan fingerprint density at radius 3 is 2.15 bits per heavy atom. The molecule has 0 atom stereocenters. The summed E-state index contributed by atoms with van der Waals surface area (Å²) in [5.74, 6) is 0. The molecule has 0 heterocycles. The maximum Gasteiger partial charge on any atom is 0.416 e. The third-order valence-corrected chi connectivity index (χ3v) is 3.19. The molecule has 0 unspecified atom stereocenters. The third-order valence-electron chi connectivity index (χ3n) is 2.99. The fraction of sp³-hybridized carbons (Fsp3) is 0.133. The second-order valence-corrected chi connectivity index (χ2v) is 4.69. The van der Waals surface area contributed by atoms with Crippen molar-refractivity contribution in [2.24, 2.45) is 0 Å². The SMILES string of the molecule is Cc1cccc(C(=O)Cl)c1-c1ccc(C(F)(F)F)cc1. The van der Waals surface area contributed by atoms with Crippen LogP contribution in [0.25, 0.3) is 11.1 Å². The van der Waals surface area contributed by atoms with E-state index in [1.54, 1.807) is 25.1 Å². The number of alkyl halides is 3. The van der Waals surface area contributed by atoms with Gasteiger partial charge in [0.25, 0.3) is 5.24 Å². The molecule has 5 heteroatoms. The molecule has 0 spiro atoms. The van der Waals surface area contributed by atoms with Crippen LogP contribution in [0.1, 0.15) is 21.5 Å². The molecule has 0 aliphatic carbocycles. The lowest BCUT2D eigenvalue weighted by Gasteiger charge is -2.12. The minimum atomic E-state index is -4.38. The summed E-state index contributed by atoms with van der Waals surface area (Å²) in [7, 11) is 0.